The van der Waals surface area contributed by atoms with Gasteiger partial charge in [0.15, 0.2) is 5.82 Å². The molecule has 2 aromatic rings. The largest absolute Gasteiger partial charge is 0.389 e. The van der Waals surface area contributed by atoms with Crippen LogP contribution in [0.2, 0.25) is 0 Å². The van der Waals surface area contributed by atoms with Gasteiger partial charge in [-0.2, -0.15) is 0 Å². The molecular formula is C14H19N5O2. The number of aryl methyl sites for hydroxylation is 1. The number of carbonyl (C=O) groups is 1. The van der Waals surface area contributed by atoms with Crippen LogP contribution in [0.3, 0.4) is 0 Å². The summed E-state index contributed by atoms with van der Waals surface area (Å²) in [7, 11) is 1.82. The average molecular weight is 289 g/mol. The second-order valence-electron chi connectivity index (χ2n) is 4.92. The molecule has 2 atom stereocenters. The van der Waals surface area contributed by atoms with Crippen molar-refractivity contribution in [1.29, 1.82) is 0 Å². The fourth-order valence-corrected chi connectivity index (χ4v) is 1.96. The highest BCUT2D eigenvalue weighted by atomic mass is 16.3. The highest BCUT2D eigenvalue weighted by molar-refractivity contribution is 5.89. The lowest BCUT2D eigenvalue weighted by Crippen LogP contribution is -2.32. The molecule has 0 fully saturated rings. The van der Waals surface area contributed by atoms with Crippen molar-refractivity contribution in [2.75, 3.05) is 5.32 Å². The van der Waals surface area contributed by atoms with Gasteiger partial charge in [0.05, 0.1) is 12.1 Å². The van der Waals surface area contributed by atoms with Gasteiger partial charge in [0.25, 0.3) is 0 Å². The summed E-state index contributed by atoms with van der Waals surface area (Å²) >= 11 is 0. The molecular weight excluding hydrogens is 270 g/mol. The van der Waals surface area contributed by atoms with Gasteiger partial charge in [-0.05, 0) is 31.5 Å². The van der Waals surface area contributed by atoms with Crippen molar-refractivity contribution in [3.63, 3.8) is 0 Å². The van der Waals surface area contributed by atoms with Gasteiger partial charge < -0.3 is 20.3 Å². The minimum absolute atomic E-state index is 0.255. The first-order chi connectivity index (χ1) is 9.97. The lowest BCUT2D eigenvalue weighted by atomic mass is 10.1. The lowest BCUT2D eigenvalue weighted by molar-refractivity contribution is 0.199. The first kappa shape index (κ1) is 15.0. The van der Waals surface area contributed by atoms with E-state index >= 15 is 0 Å². The normalized spacial score (nSPS) is 13.5. The SMILES string of the molecule is CC(O)c1ccc(NC(=O)NC(C)c2nncn2C)cc1. The van der Waals surface area contributed by atoms with E-state index in [2.05, 4.69) is 20.8 Å². The minimum Gasteiger partial charge on any atom is -0.389 e. The van der Waals surface area contributed by atoms with Crippen molar-refractivity contribution in [2.45, 2.75) is 26.0 Å². The number of hydrogen-bond acceptors (Lipinski definition) is 4. The van der Waals surface area contributed by atoms with Gasteiger partial charge in [-0.3, -0.25) is 0 Å². The molecule has 0 radical (unpaired) electrons. The van der Waals surface area contributed by atoms with Crippen molar-refractivity contribution < 1.29 is 9.90 Å². The van der Waals surface area contributed by atoms with Crippen molar-refractivity contribution in [3.8, 4) is 0 Å². The van der Waals surface area contributed by atoms with E-state index in [1.807, 2.05) is 14.0 Å². The van der Waals surface area contributed by atoms with Crippen LogP contribution in [0.15, 0.2) is 30.6 Å². The van der Waals surface area contributed by atoms with Gasteiger partial charge in [-0.15, -0.1) is 10.2 Å². The number of aromatic nitrogens is 3. The number of urea groups is 1. The highest BCUT2D eigenvalue weighted by Crippen LogP contribution is 2.15. The third-order valence-corrected chi connectivity index (χ3v) is 3.13. The number of nitrogens with one attached hydrogen (secondary N) is 2. The molecule has 0 aliphatic heterocycles. The molecule has 2 unspecified atom stereocenters. The van der Waals surface area contributed by atoms with Gasteiger partial charge in [0.2, 0.25) is 0 Å². The number of nitrogens with zero attached hydrogens (tertiary/aromatic N) is 3. The number of aliphatic hydroxyl groups is 1. The lowest BCUT2D eigenvalue weighted by Gasteiger charge is -2.14. The summed E-state index contributed by atoms with van der Waals surface area (Å²) in [5, 5.41) is 22.7. The Kier molecular flexibility index (Phi) is 4.54. The molecule has 0 aliphatic carbocycles. The smallest absolute Gasteiger partial charge is 0.319 e. The van der Waals surface area contributed by atoms with E-state index in [1.54, 1.807) is 42.1 Å². The molecule has 2 rings (SSSR count). The zero-order valence-electron chi connectivity index (χ0n) is 12.2. The van der Waals surface area contributed by atoms with Crippen LogP contribution in [0.25, 0.3) is 0 Å². The minimum atomic E-state index is -0.524. The Morgan fingerprint density at radius 2 is 1.95 bits per heavy atom. The number of rotatable bonds is 4. The van der Waals surface area contributed by atoms with E-state index in [9.17, 15) is 9.90 Å². The molecule has 3 N–H and O–H groups in total. The summed E-state index contributed by atoms with van der Waals surface area (Å²) in [6.07, 6.45) is 1.06. The van der Waals surface area contributed by atoms with E-state index in [0.29, 0.717) is 11.5 Å². The van der Waals surface area contributed by atoms with Gasteiger partial charge in [0, 0.05) is 12.7 Å². The maximum absolute atomic E-state index is 11.9. The van der Waals surface area contributed by atoms with Crippen molar-refractivity contribution >= 4 is 11.7 Å². The van der Waals surface area contributed by atoms with E-state index in [0.717, 1.165) is 5.56 Å². The maximum Gasteiger partial charge on any atom is 0.319 e. The summed E-state index contributed by atoms with van der Waals surface area (Å²) in [5.74, 6) is 0.676. The van der Waals surface area contributed by atoms with Crippen LogP contribution in [0, 0.1) is 0 Å². The number of carbonyl (C=O) groups excluding carboxylic acids is 1. The Hall–Kier alpha value is -2.41. The summed E-state index contributed by atoms with van der Waals surface area (Å²) in [6.45, 7) is 3.53. The molecule has 0 spiro atoms. The Morgan fingerprint density at radius 3 is 2.48 bits per heavy atom. The zero-order valence-corrected chi connectivity index (χ0v) is 12.2. The van der Waals surface area contributed by atoms with Crippen LogP contribution in [0.4, 0.5) is 10.5 Å². The summed E-state index contributed by atoms with van der Waals surface area (Å²) in [6, 6.07) is 6.45. The van der Waals surface area contributed by atoms with Crippen molar-refractivity contribution in [3.05, 3.63) is 42.0 Å². The van der Waals surface area contributed by atoms with Crippen LogP contribution in [0.5, 0.6) is 0 Å². The number of benzene rings is 1. The summed E-state index contributed by atoms with van der Waals surface area (Å²) in [4.78, 5) is 11.9. The Morgan fingerprint density at radius 1 is 1.29 bits per heavy atom. The van der Waals surface area contributed by atoms with Crippen LogP contribution in [0.1, 0.15) is 37.4 Å². The maximum atomic E-state index is 11.9. The van der Waals surface area contributed by atoms with Gasteiger partial charge >= 0.3 is 6.03 Å². The standard InChI is InChI=1S/C14H19N5O2/c1-9(13-18-15-8-19(13)3)16-14(21)17-12-6-4-11(5-7-12)10(2)20/h4-10,20H,1-3H3,(H2,16,17,21). The zero-order chi connectivity index (χ0) is 15.4. The van der Waals surface area contributed by atoms with E-state index in [-0.39, 0.29) is 12.1 Å². The first-order valence-electron chi connectivity index (χ1n) is 6.67. The molecule has 0 bridgehead atoms. The van der Waals surface area contributed by atoms with Crippen LogP contribution >= 0.6 is 0 Å². The van der Waals surface area contributed by atoms with E-state index in [1.165, 1.54) is 0 Å². The molecule has 7 heteroatoms. The highest BCUT2D eigenvalue weighted by Gasteiger charge is 2.14. The average Bonchev–Trinajstić information content (AvgIpc) is 2.85. The van der Waals surface area contributed by atoms with Gasteiger partial charge in [-0.1, -0.05) is 12.1 Å². The molecule has 1 aromatic carbocycles. The first-order valence-corrected chi connectivity index (χ1v) is 6.67. The molecule has 0 saturated carbocycles. The fraction of sp³-hybridized carbons (Fsp3) is 0.357. The molecule has 0 aliphatic rings. The Bertz CT molecular complexity index is 606. The Balaban J connectivity index is 1.94. The van der Waals surface area contributed by atoms with Crippen LogP contribution in [-0.4, -0.2) is 25.9 Å². The topological polar surface area (TPSA) is 92.1 Å². The third-order valence-electron chi connectivity index (χ3n) is 3.13. The van der Waals surface area contributed by atoms with E-state index in [4.69, 9.17) is 0 Å². The number of hydrogen-bond donors (Lipinski definition) is 3. The second kappa shape index (κ2) is 6.36. The van der Waals surface area contributed by atoms with Crippen molar-refractivity contribution in [2.24, 2.45) is 7.05 Å². The van der Waals surface area contributed by atoms with Gasteiger partial charge in [0.1, 0.15) is 6.33 Å². The molecule has 21 heavy (non-hydrogen) atoms. The van der Waals surface area contributed by atoms with Crippen molar-refractivity contribution in [1.82, 2.24) is 20.1 Å². The Labute approximate surface area is 123 Å². The molecule has 1 aromatic heterocycles. The van der Waals surface area contributed by atoms with Crippen LogP contribution in [-0.2, 0) is 7.05 Å². The van der Waals surface area contributed by atoms with E-state index < -0.39 is 6.10 Å². The summed E-state index contributed by atoms with van der Waals surface area (Å²) < 4.78 is 1.75. The molecule has 7 nitrogen and oxygen atoms in total. The molecule has 0 saturated heterocycles. The van der Waals surface area contributed by atoms with Gasteiger partial charge in [-0.25, -0.2) is 4.79 Å². The predicted molar refractivity (Wildman–Crippen MR) is 78.6 cm³/mol. The summed E-state index contributed by atoms with van der Waals surface area (Å²) in [5.41, 5.74) is 1.45. The predicted octanol–water partition coefficient (Wildman–Crippen LogP) is 1.75. The number of anilines is 1. The quantitative estimate of drug-likeness (QED) is 0.799. The number of aliphatic hydroxyl groups excluding tert-OH is 1. The fourth-order valence-electron chi connectivity index (χ4n) is 1.96. The monoisotopic (exact) mass is 289 g/mol. The molecule has 2 amide bonds. The van der Waals surface area contributed by atoms with Crippen LogP contribution < -0.4 is 10.6 Å². The molecule has 112 valence electrons. The number of amides is 2. The third kappa shape index (κ3) is 3.79. The molecule has 1 heterocycles. The second-order valence-corrected chi connectivity index (χ2v) is 4.92.